The van der Waals surface area contributed by atoms with Crippen LogP contribution in [0.4, 0.5) is 4.79 Å². The summed E-state index contributed by atoms with van der Waals surface area (Å²) in [5.41, 5.74) is 0. The highest BCUT2D eigenvalue weighted by molar-refractivity contribution is 5.76. The minimum atomic E-state index is -0.886. The third kappa shape index (κ3) is 4.52. The summed E-state index contributed by atoms with van der Waals surface area (Å²) in [5.74, 6) is -1.43. The first-order valence-electron chi connectivity index (χ1n) is 6.52. The Balaban J connectivity index is 2.25. The second kappa shape index (κ2) is 7.20. The maximum Gasteiger partial charge on any atom is 0.317 e. The second-order valence-corrected chi connectivity index (χ2v) is 4.75. The van der Waals surface area contributed by atoms with Crippen LogP contribution in [0.5, 0.6) is 0 Å². The van der Waals surface area contributed by atoms with Gasteiger partial charge in [-0.25, -0.2) is 4.79 Å². The second-order valence-electron chi connectivity index (χ2n) is 4.75. The number of carboxylic acids is 1. The molecule has 104 valence electrons. The van der Waals surface area contributed by atoms with Crippen molar-refractivity contribution in [3.8, 4) is 0 Å². The fourth-order valence-electron chi connectivity index (χ4n) is 1.93. The summed E-state index contributed by atoms with van der Waals surface area (Å²) < 4.78 is 0. The van der Waals surface area contributed by atoms with Gasteiger partial charge in [-0.15, -0.1) is 0 Å². The maximum atomic E-state index is 11.8. The number of piperazine rings is 1. The van der Waals surface area contributed by atoms with Gasteiger partial charge in [0.05, 0.1) is 5.92 Å². The van der Waals surface area contributed by atoms with E-state index in [1.165, 1.54) is 0 Å². The minimum absolute atomic E-state index is 0.153. The van der Waals surface area contributed by atoms with Crippen LogP contribution in [0.15, 0.2) is 0 Å². The molecule has 0 aromatic carbocycles. The third-order valence-electron chi connectivity index (χ3n) is 3.18. The summed E-state index contributed by atoms with van der Waals surface area (Å²) in [4.78, 5) is 26.5. The van der Waals surface area contributed by atoms with Crippen molar-refractivity contribution in [2.75, 3.05) is 39.3 Å². The highest BCUT2D eigenvalue weighted by Gasteiger charge is 2.21. The molecule has 1 fully saturated rings. The van der Waals surface area contributed by atoms with Crippen LogP contribution in [-0.4, -0.2) is 66.2 Å². The maximum absolute atomic E-state index is 11.8. The predicted octanol–water partition coefficient (Wildman–Crippen LogP) is 0.444. The first kappa shape index (κ1) is 14.8. The number of nitrogens with zero attached hydrogens (tertiary/aromatic N) is 2. The summed E-state index contributed by atoms with van der Waals surface area (Å²) in [7, 11) is 0. The van der Waals surface area contributed by atoms with E-state index in [1.807, 2.05) is 0 Å². The zero-order chi connectivity index (χ0) is 13.5. The van der Waals surface area contributed by atoms with Crippen molar-refractivity contribution in [2.24, 2.45) is 5.92 Å². The summed E-state index contributed by atoms with van der Waals surface area (Å²) in [6.45, 7) is 8.22. The SMILES string of the molecule is CCCN1CCN(C(=O)NCC(C)C(=O)O)CC1. The van der Waals surface area contributed by atoms with Crippen LogP contribution in [-0.2, 0) is 4.79 Å². The molecule has 1 rings (SSSR count). The van der Waals surface area contributed by atoms with Crippen LogP contribution in [0.25, 0.3) is 0 Å². The van der Waals surface area contributed by atoms with Crippen LogP contribution in [0.2, 0.25) is 0 Å². The van der Waals surface area contributed by atoms with E-state index in [0.717, 1.165) is 26.1 Å². The summed E-state index contributed by atoms with van der Waals surface area (Å²) in [5, 5.41) is 11.4. The molecule has 18 heavy (non-hydrogen) atoms. The summed E-state index contributed by atoms with van der Waals surface area (Å²) >= 11 is 0. The Hall–Kier alpha value is -1.30. The smallest absolute Gasteiger partial charge is 0.317 e. The number of aliphatic carboxylic acids is 1. The molecule has 0 aromatic rings. The lowest BCUT2D eigenvalue weighted by molar-refractivity contribution is -0.140. The molecule has 6 heteroatoms. The number of hydrogen-bond donors (Lipinski definition) is 2. The molecule has 2 amide bonds. The number of carbonyl (C=O) groups is 2. The lowest BCUT2D eigenvalue weighted by atomic mass is 10.2. The Bertz CT molecular complexity index is 288. The van der Waals surface area contributed by atoms with Gasteiger partial charge in [0.15, 0.2) is 0 Å². The van der Waals surface area contributed by atoms with Crippen molar-refractivity contribution in [3.05, 3.63) is 0 Å². The van der Waals surface area contributed by atoms with Crippen molar-refractivity contribution in [1.29, 1.82) is 0 Å². The molecule has 1 aliphatic rings. The van der Waals surface area contributed by atoms with E-state index < -0.39 is 11.9 Å². The van der Waals surface area contributed by atoms with Gasteiger partial charge < -0.3 is 15.3 Å². The summed E-state index contributed by atoms with van der Waals surface area (Å²) in [6.07, 6.45) is 1.13. The first-order chi connectivity index (χ1) is 8.54. The van der Waals surface area contributed by atoms with Gasteiger partial charge in [-0.3, -0.25) is 9.69 Å². The largest absolute Gasteiger partial charge is 0.481 e. The van der Waals surface area contributed by atoms with Gasteiger partial charge in [0.25, 0.3) is 0 Å². The Morgan fingerprint density at radius 2 is 1.89 bits per heavy atom. The molecule has 0 saturated carbocycles. The number of hydrogen-bond acceptors (Lipinski definition) is 3. The van der Waals surface area contributed by atoms with Crippen molar-refractivity contribution >= 4 is 12.0 Å². The van der Waals surface area contributed by atoms with E-state index in [2.05, 4.69) is 17.1 Å². The number of carbonyl (C=O) groups excluding carboxylic acids is 1. The predicted molar refractivity (Wildman–Crippen MR) is 68.5 cm³/mol. The number of carboxylic acid groups (broad SMARTS) is 1. The van der Waals surface area contributed by atoms with Gasteiger partial charge in [0, 0.05) is 32.7 Å². The van der Waals surface area contributed by atoms with E-state index in [0.29, 0.717) is 13.1 Å². The molecule has 0 bridgehead atoms. The minimum Gasteiger partial charge on any atom is -0.481 e. The number of nitrogens with one attached hydrogen (secondary N) is 1. The van der Waals surface area contributed by atoms with Crippen LogP contribution in [0.3, 0.4) is 0 Å². The van der Waals surface area contributed by atoms with Crippen LogP contribution < -0.4 is 5.32 Å². The molecule has 1 atom stereocenters. The molecule has 0 aliphatic carbocycles. The van der Waals surface area contributed by atoms with E-state index >= 15 is 0 Å². The van der Waals surface area contributed by atoms with E-state index in [1.54, 1.807) is 11.8 Å². The fraction of sp³-hybridized carbons (Fsp3) is 0.833. The van der Waals surface area contributed by atoms with Gasteiger partial charge in [-0.2, -0.15) is 0 Å². The fourth-order valence-corrected chi connectivity index (χ4v) is 1.93. The van der Waals surface area contributed by atoms with E-state index in [9.17, 15) is 9.59 Å². The van der Waals surface area contributed by atoms with Crippen molar-refractivity contribution in [3.63, 3.8) is 0 Å². The lowest BCUT2D eigenvalue weighted by Crippen LogP contribution is -2.52. The van der Waals surface area contributed by atoms with Gasteiger partial charge >= 0.3 is 12.0 Å². The highest BCUT2D eigenvalue weighted by atomic mass is 16.4. The first-order valence-corrected chi connectivity index (χ1v) is 6.52. The molecular formula is C12H23N3O3. The average molecular weight is 257 g/mol. The molecule has 0 spiro atoms. The normalized spacial score (nSPS) is 18.4. The van der Waals surface area contributed by atoms with Crippen LogP contribution >= 0.6 is 0 Å². The molecule has 6 nitrogen and oxygen atoms in total. The molecule has 1 unspecified atom stereocenters. The molecule has 0 aromatic heterocycles. The van der Waals surface area contributed by atoms with E-state index in [-0.39, 0.29) is 12.6 Å². The van der Waals surface area contributed by atoms with Crippen molar-refractivity contribution in [2.45, 2.75) is 20.3 Å². The highest BCUT2D eigenvalue weighted by Crippen LogP contribution is 2.03. The van der Waals surface area contributed by atoms with Gasteiger partial charge in [-0.05, 0) is 13.0 Å². The Labute approximate surface area is 108 Å². The van der Waals surface area contributed by atoms with Crippen molar-refractivity contribution < 1.29 is 14.7 Å². The lowest BCUT2D eigenvalue weighted by Gasteiger charge is -2.34. The summed E-state index contributed by atoms with van der Waals surface area (Å²) in [6, 6.07) is -0.153. The van der Waals surface area contributed by atoms with Gasteiger partial charge in [0.2, 0.25) is 0 Å². The van der Waals surface area contributed by atoms with Gasteiger partial charge in [0.1, 0.15) is 0 Å². The molecule has 1 heterocycles. The average Bonchev–Trinajstić information content (AvgIpc) is 2.36. The molecule has 1 aliphatic heterocycles. The standard InChI is InChI=1S/C12H23N3O3/c1-3-4-14-5-7-15(8-6-14)12(18)13-9-10(2)11(16)17/h10H,3-9H2,1-2H3,(H,13,18)(H,16,17). The van der Waals surface area contributed by atoms with Crippen LogP contribution in [0, 0.1) is 5.92 Å². The van der Waals surface area contributed by atoms with Gasteiger partial charge in [-0.1, -0.05) is 13.8 Å². The molecular weight excluding hydrogens is 234 g/mol. The molecule has 0 radical (unpaired) electrons. The third-order valence-corrected chi connectivity index (χ3v) is 3.18. The Kier molecular flexibility index (Phi) is 5.91. The monoisotopic (exact) mass is 257 g/mol. The molecule has 2 N–H and O–H groups in total. The quantitative estimate of drug-likeness (QED) is 0.750. The topological polar surface area (TPSA) is 72.9 Å². The number of urea groups is 1. The Morgan fingerprint density at radius 1 is 1.28 bits per heavy atom. The van der Waals surface area contributed by atoms with E-state index in [4.69, 9.17) is 5.11 Å². The van der Waals surface area contributed by atoms with Crippen molar-refractivity contribution in [1.82, 2.24) is 15.1 Å². The molecule has 1 saturated heterocycles. The zero-order valence-corrected chi connectivity index (χ0v) is 11.2. The van der Waals surface area contributed by atoms with Crippen LogP contribution in [0.1, 0.15) is 20.3 Å². The zero-order valence-electron chi connectivity index (χ0n) is 11.2. The Morgan fingerprint density at radius 3 is 2.39 bits per heavy atom. The number of amides is 2. The number of rotatable bonds is 5.